The van der Waals surface area contributed by atoms with E-state index in [1.807, 2.05) is 4.90 Å². The number of carbonyl (C=O) groups excluding carboxylic acids is 1. The van der Waals surface area contributed by atoms with Crippen molar-refractivity contribution in [3.05, 3.63) is 28.8 Å². The molecule has 0 aromatic heterocycles. The molecule has 1 saturated heterocycles. The summed E-state index contributed by atoms with van der Waals surface area (Å²) >= 11 is 6.13. The molecule has 5 nitrogen and oxygen atoms in total. The van der Waals surface area contributed by atoms with E-state index in [2.05, 4.69) is 0 Å². The predicted molar refractivity (Wildman–Crippen MR) is 82.6 cm³/mol. The van der Waals surface area contributed by atoms with Crippen LogP contribution in [0.5, 0.6) is 5.75 Å². The quantitative estimate of drug-likeness (QED) is 0.856. The molecule has 1 amide bonds. The topological polar surface area (TPSA) is 48.0 Å². The van der Waals surface area contributed by atoms with Gasteiger partial charge in [-0.05, 0) is 31.0 Å². The van der Waals surface area contributed by atoms with Gasteiger partial charge in [-0.1, -0.05) is 11.6 Å². The Hall–Kier alpha value is -1.30. The van der Waals surface area contributed by atoms with Crippen LogP contribution in [-0.2, 0) is 9.47 Å². The highest BCUT2D eigenvalue weighted by Crippen LogP contribution is 2.33. The summed E-state index contributed by atoms with van der Waals surface area (Å²) in [7, 11) is 3.23. The minimum atomic E-state index is -0.0554. The SMILES string of the molecule is COc1ccc(C(=O)N2CCO[C@H]3CC[C@H]2[C@@H]3OC)cc1Cl. The van der Waals surface area contributed by atoms with Gasteiger partial charge in [0.25, 0.3) is 5.91 Å². The first-order valence-electron chi connectivity index (χ1n) is 7.44. The lowest BCUT2D eigenvalue weighted by atomic mass is 10.1. The minimum Gasteiger partial charge on any atom is -0.495 e. The summed E-state index contributed by atoms with van der Waals surface area (Å²) in [4.78, 5) is 14.7. The fourth-order valence-corrected chi connectivity index (χ4v) is 3.67. The number of fused-ring (bicyclic) bond motifs is 2. The molecule has 22 heavy (non-hydrogen) atoms. The Morgan fingerprint density at radius 2 is 2.18 bits per heavy atom. The third-order valence-electron chi connectivity index (χ3n) is 4.49. The van der Waals surface area contributed by atoms with E-state index in [0.717, 1.165) is 12.8 Å². The van der Waals surface area contributed by atoms with Gasteiger partial charge in [-0.15, -0.1) is 0 Å². The van der Waals surface area contributed by atoms with E-state index in [1.54, 1.807) is 32.4 Å². The summed E-state index contributed by atoms with van der Waals surface area (Å²) in [6, 6.07) is 5.18. The molecule has 0 N–H and O–H groups in total. The van der Waals surface area contributed by atoms with Crippen LogP contribution in [0.4, 0.5) is 0 Å². The van der Waals surface area contributed by atoms with Gasteiger partial charge in [0.1, 0.15) is 11.9 Å². The molecule has 0 radical (unpaired) electrons. The van der Waals surface area contributed by atoms with Crippen LogP contribution < -0.4 is 4.74 Å². The van der Waals surface area contributed by atoms with E-state index in [4.69, 9.17) is 25.8 Å². The van der Waals surface area contributed by atoms with E-state index in [1.165, 1.54) is 0 Å². The second-order valence-corrected chi connectivity index (χ2v) is 6.01. The van der Waals surface area contributed by atoms with Crippen molar-refractivity contribution in [1.82, 2.24) is 4.90 Å². The summed E-state index contributed by atoms with van der Waals surface area (Å²) in [6.07, 6.45) is 1.86. The van der Waals surface area contributed by atoms with E-state index < -0.39 is 0 Å². The first kappa shape index (κ1) is 15.6. The summed E-state index contributed by atoms with van der Waals surface area (Å²) in [5, 5.41) is 0.437. The average molecular weight is 326 g/mol. The van der Waals surface area contributed by atoms with Gasteiger partial charge in [0.15, 0.2) is 0 Å². The zero-order valence-corrected chi connectivity index (χ0v) is 13.5. The number of halogens is 1. The Balaban J connectivity index is 1.85. The maximum absolute atomic E-state index is 12.9. The van der Waals surface area contributed by atoms with Crippen LogP contribution in [-0.4, -0.2) is 56.4 Å². The molecule has 0 unspecified atom stereocenters. The van der Waals surface area contributed by atoms with Crippen molar-refractivity contribution in [3.8, 4) is 5.75 Å². The molecule has 3 atom stereocenters. The number of amides is 1. The molecular weight excluding hydrogens is 306 g/mol. The van der Waals surface area contributed by atoms with Crippen LogP contribution in [0.15, 0.2) is 18.2 Å². The smallest absolute Gasteiger partial charge is 0.254 e. The number of carbonyl (C=O) groups is 1. The molecule has 120 valence electrons. The van der Waals surface area contributed by atoms with E-state index in [9.17, 15) is 4.79 Å². The van der Waals surface area contributed by atoms with Crippen LogP contribution in [0.25, 0.3) is 0 Å². The zero-order valence-electron chi connectivity index (χ0n) is 12.8. The summed E-state index contributed by atoms with van der Waals surface area (Å²) < 4.78 is 16.5. The van der Waals surface area contributed by atoms with E-state index in [-0.39, 0.29) is 24.2 Å². The van der Waals surface area contributed by atoms with Crippen LogP contribution >= 0.6 is 11.6 Å². The van der Waals surface area contributed by atoms with Gasteiger partial charge in [-0.2, -0.15) is 0 Å². The van der Waals surface area contributed by atoms with Crippen molar-refractivity contribution < 1.29 is 19.0 Å². The van der Waals surface area contributed by atoms with Gasteiger partial charge in [-0.3, -0.25) is 4.79 Å². The molecule has 1 aromatic carbocycles. The Kier molecular flexibility index (Phi) is 4.57. The third kappa shape index (κ3) is 2.69. The molecule has 3 rings (SSSR count). The molecule has 1 saturated carbocycles. The maximum Gasteiger partial charge on any atom is 0.254 e. The van der Waals surface area contributed by atoms with Gasteiger partial charge < -0.3 is 19.1 Å². The molecule has 0 spiro atoms. The summed E-state index contributed by atoms with van der Waals surface area (Å²) in [5.74, 6) is 0.524. The molecule has 2 bridgehead atoms. The molecular formula is C16H20ClNO4. The van der Waals surface area contributed by atoms with Crippen LogP contribution in [0.3, 0.4) is 0 Å². The van der Waals surface area contributed by atoms with Gasteiger partial charge in [0.2, 0.25) is 0 Å². The first-order chi connectivity index (χ1) is 10.7. The fourth-order valence-electron chi connectivity index (χ4n) is 3.42. The van der Waals surface area contributed by atoms with Crippen LogP contribution in [0.2, 0.25) is 5.02 Å². The Morgan fingerprint density at radius 3 is 2.86 bits per heavy atom. The number of rotatable bonds is 3. The standard InChI is InChI=1S/C16H20ClNO4/c1-20-13-5-3-10(9-11(13)17)16(19)18-7-8-22-14-6-4-12(18)15(14)21-2/h3,5,9,12,14-15H,4,6-8H2,1-2H3/t12-,14-,15-/m0/s1. The Morgan fingerprint density at radius 1 is 1.36 bits per heavy atom. The molecule has 6 heteroatoms. The van der Waals surface area contributed by atoms with Crippen molar-refractivity contribution in [2.24, 2.45) is 0 Å². The highest BCUT2D eigenvalue weighted by atomic mass is 35.5. The largest absolute Gasteiger partial charge is 0.495 e. The molecule has 2 aliphatic rings. The number of ether oxygens (including phenoxy) is 3. The number of nitrogens with zero attached hydrogens (tertiary/aromatic N) is 1. The van der Waals surface area contributed by atoms with Crippen LogP contribution in [0.1, 0.15) is 23.2 Å². The number of benzene rings is 1. The average Bonchev–Trinajstić information content (AvgIpc) is 2.82. The second-order valence-electron chi connectivity index (χ2n) is 5.60. The van der Waals surface area contributed by atoms with E-state index in [0.29, 0.717) is 29.5 Å². The van der Waals surface area contributed by atoms with Crippen molar-refractivity contribution in [3.63, 3.8) is 0 Å². The maximum atomic E-state index is 12.9. The van der Waals surface area contributed by atoms with Gasteiger partial charge in [-0.25, -0.2) is 0 Å². The van der Waals surface area contributed by atoms with Crippen LogP contribution in [0, 0.1) is 0 Å². The molecule has 1 aromatic rings. The van der Waals surface area contributed by atoms with Crippen molar-refractivity contribution in [2.45, 2.75) is 31.1 Å². The summed E-state index contributed by atoms with van der Waals surface area (Å²) in [5.41, 5.74) is 0.561. The molecule has 1 aliphatic heterocycles. The molecule has 2 fully saturated rings. The first-order valence-corrected chi connectivity index (χ1v) is 7.82. The Labute approximate surface area is 135 Å². The monoisotopic (exact) mass is 325 g/mol. The second kappa shape index (κ2) is 6.44. The molecule has 1 heterocycles. The lowest BCUT2D eigenvalue weighted by Crippen LogP contribution is -2.46. The van der Waals surface area contributed by atoms with Crippen molar-refractivity contribution >= 4 is 17.5 Å². The number of methoxy groups -OCH3 is 2. The number of hydrogen-bond donors (Lipinski definition) is 0. The number of hydrogen-bond acceptors (Lipinski definition) is 4. The highest BCUT2D eigenvalue weighted by molar-refractivity contribution is 6.32. The molecule has 1 aliphatic carbocycles. The highest BCUT2D eigenvalue weighted by Gasteiger charge is 2.44. The summed E-state index contributed by atoms with van der Waals surface area (Å²) in [6.45, 7) is 1.11. The predicted octanol–water partition coefficient (Wildman–Crippen LogP) is 2.37. The van der Waals surface area contributed by atoms with Crippen molar-refractivity contribution in [1.29, 1.82) is 0 Å². The fraction of sp³-hybridized carbons (Fsp3) is 0.562. The van der Waals surface area contributed by atoms with Gasteiger partial charge in [0.05, 0.1) is 30.9 Å². The van der Waals surface area contributed by atoms with Gasteiger partial charge >= 0.3 is 0 Å². The Bertz CT molecular complexity index is 565. The lowest BCUT2D eigenvalue weighted by molar-refractivity contribution is -0.0316. The van der Waals surface area contributed by atoms with Crippen molar-refractivity contribution in [2.75, 3.05) is 27.4 Å². The van der Waals surface area contributed by atoms with Gasteiger partial charge in [0, 0.05) is 19.2 Å². The minimum absolute atomic E-state index is 0.0391. The normalized spacial score (nSPS) is 27.6. The zero-order chi connectivity index (χ0) is 15.7. The van der Waals surface area contributed by atoms with E-state index >= 15 is 0 Å². The lowest BCUT2D eigenvalue weighted by Gasteiger charge is -2.30. The third-order valence-corrected chi connectivity index (χ3v) is 4.78.